The molecule has 0 saturated carbocycles. The van der Waals surface area contributed by atoms with Crippen molar-refractivity contribution in [2.24, 2.45) is 7.05 Å². The second-order valence-electron chi connectivity index (χ2n) is 9.52. The van der Waals surface area contributed by atoms with E-state index in [4.69, 9.17) is 0 Å². The maximum atomic E-state index is 13.3. The van der Waals surface area contributed by atoms with Gasteiger partial charge in [-0.2, -0.15) is 5.10 Å². The largest absolute Gasteiger partial charge is 0.358 e. The van der Waals surface area contributed by atoms with Gasteiger partial charge in [0.1, 0.15) is 0 Å². The number of aromatic amines is 1. The average Bonchev–Trinajstić information content (AvgIpc) is 3.48. The molecule has 0 unspecified atom stereocenters. The van der Waals surface area contributed by atoms with Gasteiger partial charge in [0, 0.05) is 61.8 Å². The number of likely N-dealkylation sites (N-methyl/N-ethyl adjacent to an activating group) is 1. The van der Waals surface area contributed by atoms with Crippen molar-refractivity contribution in [2.75, 3.05) is 38.0 Å². The molecule has 0 radical (unpaired) electrons. The predicted molar refractivity (Wildman–Crippen MR) is 141 cm³/mol. The summed E-state index contributed by atoms with van der Waals surface area (Å²) in [5.41, 5.74) is 7.99. The van der Waals surface area contributed by atoms with Crippen molar-refractivity contribution in [3.63, 3.8) is 0 Å². The van der Waals surface area contributed by atoms with Crippen LogP contribution in [-0.2, 0) is 18.3 Å². The molecule has 2 amide bonds. The summed E-state index contributed by atoms with van der Waals surface area (Å²) in [4.78, 5) is 38.5. The van der Waals surface area contributed by atoms with Crippen LogP contribution in [0, 0.1) is 13.8 Å². The Morgan fingerprint density at radius 2 is 1.94 bits per heavy atom. The lowest BCUT2D eigenvalue weighted by Gasteiger charge is -2.29. The molecule has 3 aromatic heterocycles. The van der Waals surface area contributed by atoms with E-state index >= 15 is 0 Å². The van der Waals surface area contributed by atoms with Gasteiger partial charge in [-0.15, -0.1) is 0 Å². The zero-order chi connectivity index (χ0) is 25.6. The van der Waals surface area contributed by atoms with Gasteiger partial charge < -0.3 is 20.1 Å². The molecule has 188 valence electrons. The van der Waals surface area contributed by atoms with E-state index in [1.165, 1.54) is 0 Å². The topological polar surface area (TPSA) is 99.2 Å². The number of fused-ring (bicyclic) bond motifs is 2. The molecule has 0 fully saturated rings. The fourth-order valence-electron chi connectivity index (χ4n) is 5.20. The molecule has 0 aliphatic carbocycles. The number of aryl methyl sites for hydroxylation is 2. The highest BCUT2D eigenvalue weighted by Crippen LogP contribution is 2.36. The molecule has 0 atom stereocenters. The fraction of sp³-hybridized carbons (Fsp3) is 0.407. The second kappa shape index (κ2) is 9.39. The Morgan fingerprint density at radius 1 is 1.17 bits per heavy atom. The smallest absolute Gasteiger partial charge is 0.256 e. The van der Waals surface area contributed by atoms with E-state index in [-0.39, 0.29) is 11.8 Å². The van der Waals surface area contributed by atoms with Gasteiger partial charge in [-0.05, 0) is 44.6 Å². The average molecular weight is 488 g/mol. The van der Waals surface area contributed by atoms with Crippen LogP contribution in [0.4, 0.5) is 5.69 Å². The van der Waals surface area contributed by atoms with Crippen molar-refractivity contribution in [3.05, 3.63) is 52.2 Å². The molecule has 9 nitrogen and oxygen atoms in total. The van der Waals surface area contributed by atoms with Crippen LogP contribution in [0.3, 0.4) is 0 Å². The van der Waals surface area contributed by atoms with Gasteiger partial charge in [-0.25, -0.2) is 0 Å². The summed E-state index contributed by atoms with van der Waals surface area (Å²) in [6.45, 7) is 12.4. The standard InChI is InChI=1S/C27H33N7O2/c1-6-33(7-2)10-11-34-9-8-21-25(27(34)36)16(3)22(29-21)13-19-18-12-23(20-15-32(5)31-17(20)4)28-14-24(18)30-26(19)35/h12-15,29H,6-11H2,1-5H3,(H,30,35)/b19-13-. The number of rotatable bonds is 7. The van der Waals surface area contributed by atoms with E-state index in [9.17, 15) is 9.59 Å². The highest BCUT2D eigenvalue weighted by Gasteiger charge is 2.31. The van der Waals surface area contributed by atoms with Crippen LogP contribution in [-0.4, -0.2) is 74.1 Å². The number of carbonyl (C=O) groups excluding carboxylic acids is 2. The predicted octanol–water partition coefficient (Wildman–Crippen LogP) is 3.26. The van der Waals surface area contributed by atoms with Crippen molar-refractivity contribution in [1.82, 2.24) is 29.5 Å². The van der Waals surface area contributed by atoms with Crippen LogP contribution in [0.1, 0.15) is 52.4 Å². The molecular weight excluding hydrogens is 454 g/mol. The summed E-state index contributed by atoms with van der Waals surface area (Å²) in [7, 11) is 1.88. The summed E-state index contributed by atoms with van der Waals surface area (Å²) < 4.78 is 1.76. The molecule has 2 aliphatic rings. The quantitative estimate of drug-likeness (QED) is 0.499. The van der Waals surface area contributed by atoms with Crippen LogP contribution < -0.4 is 5.32 Å². The number of nitrogens with one attached hydrogen (secondary N) is 2. The second-order valence-corrected chi connectivity index (χ2v) is 9.52. The number of anilines is 1. The maximum absolute atomic E-state index is 13.3. The van der Waals surface area contributed by atoms with Crippen molar-refractivity contribution in [1.29, 1.82) is 0 Å². The molecule has 9 heteroatoms. The van der Waals surface area contributed by atoms with E-state index in [1.54, 1.807) is 10.9 Å². The molecule has 5 rings (SSSR count). The molecule has 0 bridgehead atoms. The first-order valence-corrected chi connectivity index (χ1v) is 12.6. The Labute approximate surface area is 211 Å². The minimum Gasteiger partial charge on any atom is -0.358 e. The normalized spacial score (nSPS) is 16.2. The third-order valence-corrected chi connectivity index (χ3v) is 7.34. The van der Waals surface area contributed by atoms with E-state index in [1.807, 2.05) is 44.1 Å². The molecule has 0 aromatic carbocycles. The van der Waals surface area contributed by atoms with Crippen molar-refractivity contribution < 1.29 is 9.59 Å². The number of H-pyrrole nitrogens is 1. The Balaban J connectivity index is 1.46. The van der Waals surface area contributed by atoms with Gasteiger partial charge in [0.05, 0.1) is 34.4 Å². The zero-order valence-electron chi connectivity index (χ0n) is 21.6. The van der Waals surface area contributed by atoms with Crippen LogP contribution >= 0.6 is 0 Å². The summed E-state index contributed by atoms with van der Waals surface area (Å²) >= 11 is 0. The Hall–Kier alpha value is -3.72. The van der Waals surface area contributed by atoms with Crippen molar-refractivity contribution in [2.45, 2.75) is 34.1 Å². The fourth-order valence-corrected chi connectivity index (χ4v) is 5.20. The molecule has 0 spiro atoms. The van der Waals surface area contributed by atoms with E-state index < -0.39 is 0 Å². The van der Waals surface area contributed by atoms with Gasteiger partial charge in [0.25, 0.3) is 11.8 Å². The molecule has 36 heavy (non-hydrogen) atoms. The van der Waals surface area contributed by atoms with Crippen molar-refractivity contribution >= 4 is 29.2 Å². The minimum atomic E-state index is -0.175. The third-order valence-electron chi connectivity index (χ3n) is 7.34. The van der Waals surface area contributed by atoms with Gasteiger partial charge in [0.2, 0.25) is 0 Å². The highest BCUT2D eigenvalue weighted by atomic mass is 16.2. The summed E-state index contributed by atoms with van der Waals surface area (Å²) in [5, 5.41) is 7.33. The molecule has 5 heterocycles. The molecule has 3 aromatic rings. The Bertz CT molecular complexity index is 1380. The first kappa shape index (κ1) is 24.0. The molecular formula is C27H33N7O2. The van der Waals surface area contributed by atoms with Gasteiger partial charge in [-0.1, -0.05) is 13.8 Å². The lowest BCUT2D eigenvalue weighted by atomic mass is 10.0. The molecule has 2 N–H and O–H groups in total. The maximum Gasteiger partial charge on any atom is 0.256 e. The molecule has 0 saturated heterocycles. The Kier molecular flexibility index (Phi) is 6.26. The zero-order valence-corrected chi connectivity index (χ0v) is 21.6. The Morgan fingerprint density at radius 3 is 2.64 bits per heavy atom. The summed E-state index contributed by atoms with van der Waals surface area (Å²) in [5.74, 6) is -0.109. The van der Waals surface area contributed by atoms with Gasteiger partial charge in [0.15, 0.2) is 0 Å². The monoisotopic (exact) mass is 487 g/mol. The van der Waals surface area contributed by atoms with Crippen LogP contribution in [0.25, 0.3) is 22.9 Å². The van der Waals surface area contributed by atoms with Gasteiger partial charge >= 0.3 is 0 Å². The number of hydrogen-bond acceptors (Lipinski definition) is 5. The van der Waals surface area contributed by atoms with E-state index in [2.05, 4.69) is 39.1 Å². The van der Waals surface area contributed by atoms with Crippen molar-refractivity contribution in [3.8, 4) is 11.3 Å². The minimum absolute atomic E-state index is 0.0663. The number of aromatic nitrogens is 4. The third kappa shape index (κ3) is 4.13. The number of hydrogen-bond donors (Lipinski definition) is 2. The molecule has 2 aliphatic heterocycles. The van der Waals surface area contributed by atoms with E-state index in [0.29, 0.717) is 17.8 Å². The number of carbonyl (C=O) groups is 2. The SMILES string of the molecule is CCN(CC)CCN1CCc2[nH]c(/C=C3\C(=O)Nc4cnc(-c5cn(C)nc5C)cc43)c(C)c2C1=O. The number of nitrogens with zero attached hydrogens (tertiary/aromatic N) is 5. The number of pyridine rings is 1. The highest BCUT2D eigenvalue weighted by molar-refractivity contribution is 6.35. The number of amides is 2. The van der Waals surface area contributed by atoms with Crippen LogP contribution in [0.5, 0.6) is 0 Å². The lowest BCUT2D eigenvalue weighted by Crippen LogP contribution is -2.42. The van der Waals surface area contributed by atoms with Crippen LogP contribution in [0.15, 0.2) is 18.5 Å². The van der Waals surface area contributed by atoms with Gasteiger partial charge in [-0.3, -0.25) is 19.3 Å². The van der Waals surface area contributed by atoms with Crippen LogP contribution in [0.2, 0.25) is 0 Å². The van der Waals surface area contributed by atoms with E-state index in [0.717, 1.165) is 77.6 Å². The summed E-state index contributed by atoms with van der Waals surface area (Å²) in [6, 6.07) is 1.93. The first-order valence-electron chi connectivity index (χ1n) is 12.6. The summed E-state index contributed by atoms with van der Waals surface area (Å²) in [6.07, 6.45) is 6.26. The first-order chi connectivity index (χ1) is 17.3. The lowest BCUT2D eigenvalue weighted by molar-refractivity contribution is -0.110.